The lowest BCUT2D eigenvalue weighted by Gasteiger charge is -2.12. The highest BCUT2D eigenvalue weighted by Crippen LogP contribution is 2.41. The van der Waals surface area contributed by atoms with Crippen LogP contribution in [0.3, 0.4) is 0 Å². The summed E-state index contributed by atoms with van der Waals surface area (Å²) in [7, 11) is 0. The number of hydrogen-bond acceptors (Lipinski definition) is 4. The Labute approximate surface area is 115 Å². The van der Waals surface area contributed by atoms with Gasteiger partial charge in [-0.2, -0.15) is 0 Å². The second-order valence-corrected chi connectivity index (χ2v) is 6.13. The number of halogens is 1. The van der Waals surface area contributed by atoms with Gasteiger partial charge in [0.25, 0.3) is 0 Å². The van der Waals surface area contributed by atoms with Gasteiger partial charge in [0.15, 0.2) is 0 Å². The molecule has 1 heterocycles. The van der Waals surface area contributed by atoms with Gasteiger partial charge in [0.1, 0.15) is 0 Å². The van der Waals surface area contributed by atoms with E-state index in [2.05, 4.69) is 22.4 Å². The Kier molecular flexibility index (Phi) is 3.26. The summed E-state index contributed by atoms with van der Waals surface area (Å²) in [5.41, 5.74) is 1.12. The molecule has 1 aromatic carbocycles. The van der Waals surface area contributed by atoms with E-state index in [4.69, 9.17) is 11.6 Å². The number of tetrazole rings is 1. The third kappa shape index (κ3) is 2.37. The van der Waals surface area contributed by atoms with Crippen molar-refractivity contribution in [2.45, 2.75) is 36.2 Å². The van der Waals surface area contributed by atoms with Gasteiger partial charge in [-0.05, 0) is 41.8 Å². The molecule has 1 aliphatic rings. The molecule has 0 N–H and O–H groups in total. The van der Waals surface area contributed by atoms with Crippen molar-refractivity contribution in [1.29, 1.82) is 0 Å². The molecule has 18 heavy (non-hydrogen) atoms. The molecule has 0 radical (unpaired) electrons. The first kappa shape index (κ1) is 12.0. The molecule has 6 heteroatoms. The molecule has 1 aromatic heterocycles. The molecule has 1 saturated carbocycles. The number of thioether (sulfide) groups is 1. The zero-order chi connectivity index (χ0) is 12.5. The lowest BCUT2D eigenvalue weighted by molar-refractivity contribution is 0.565. The molecule has 0 saturated heterocycles. The van der Waals surface area contributed by atoms with E-state index < -0.39 is 0 Å². The minimum absolute atomic E-state index is 0.238. The molecule has 0 bridgehead atoms. The normalized spacial score (nSPS) is 16.8. The zero-order valence-corrected chi connectivity index (χ0v) is 11.5. The molecule has 0 aliphatic heterocycles. The van der Waals surface area contributed by atoms with Crippen molar-refractivity contribution in [3.63, 3.8) is 0 Å². The third-order valence-corrected chi connectivity index (χ3v) is 4.41. The average molecular weight is 281 g/mol. The summed E-state index contributed by atoms with van der Waals surface area (Å²) in [6.45, 7) is 2.12. The first-order chi connectivity index (χ1) is 8.75. The molecule has 0 unspecified atom stereocenters. The van der Waals surface area contributed by atoms with Crippen LogP contribution in [0.15, 0.2) is 29.4 Å². The molecule has 4 nitrogen and oxygen atoms in total. The fourth-order valence-electron chi connectivity index (χ4n) is 1.84. The van der Waals surface area contributed by atoms with Crippen LogP contribution in [-0.4, -0.2) is 20.2 Å². The van der Waals surface area contributed by atoms with Crippen molar-refractivity contribution in [2.24, 2.45) is 0 Å². The van der Waals surface area contributed by atoms with Crippen molar-refractivity contribution in [1.82, 2.24) is 20.2 Å². The molecule has 94 valence electrons. The Bertz CT molecular complexity index is 553. The topological polar surface area (TPSA) is 43.6 Å². The molecule has 0 amide bonds. The van der Waals surface area contributed by atoms with Crippen LogP contribution in [0.1, 0.15) is 36.6 Å². The van der Waals surface area contributed by atoms with E-state index in [0.29, 0.717) is 6.04 Å². The Morgan fingerprint density at radius 1 is 1.39 bits per heavy atom. The summed E-state index contributed by atoms with van der Waals surface area (Å²) < 4.78 is 1.93. The van der Waals surface area contributed by atoms with Crippen molar-refractivity contribution >= 4 is 23.4 Å². The van der Waals surface area contributed by atoms with E-state index in [0.717, 1.165) is 15.7 Å². The monoisotopic (exact) mass is 280 g/mol. The number of benzene rings is 1. The summed E-state index contributed by atoms with van der Waals surface area (Å²) in [4.78, 5) is 0. The quantitative estimate of drug-likeness (QED) is 0.804. The number of aromatic nitrogens is 4. The van der Waals surface area contributed by atoms with Crippen LogP contribution in [0.5, 0.6) is 0 Å². The predicted octanol–water partition coefficient (Wildman–Crippen LogP) is 3.51. The highest BCUT2D eigenvalue weighted by atomic mass is 35.5. The second-order valence-electron chi connectivity index (χ2n) is 4.42. The fraction of sp³-hybridized carbons (Fsp3) is 0.417. The fourth-order valence-corrected chi connectivity index (χ4v) is 3.23. The van der Waals surface area contributed by atoms with E-state index in [1.54, 1.807) is 11.8 Å². The molecular weight excluding hydrogens is 268 g/mol. The van der Waals surface area contributed by atoms with Gasteiger partial charge in [-0.3, -0.25) is 0 Å². The number of nitrogens with zero attached hydrogens (tertiary/aromatic N) is 4. The van der Waals surface area contributed by atoms with Gasteiger partial charge in [-0.25, -0.2) is 4.68 Å². The highest BCUT2D eigenvalue weighted by molar-refractivity contribution is 7.99. The lowest BCUT2D eigenvalue weighted by atomic mass is 10.2. The highest BCUT2D eigenvalue weighted by Gasteiger charge is 2.28. The Hall–Kier alpha value is -1.07. The van der Waals surface area contributed by atoms with Crippen LogP contribution < -0.4 is 0 Å². The largest absolute Gasteiger partial charge is 0.217 e. The molecular formula is C12H13ClN4S. The smallest absolute Gasteiger partial charge is 0.210 e. The van der Waals surface area contributed by atoms with Crippen molar-refractivity contribution in [2.75, 3.05) is 0 Å². The Morgan fingerprint density at radius 2 is 2.17 bits per heavy atom. The first-order valence-electron chi connectivity index (χ1n) is 5.94. The Balaban J connectivity index is 1.79. The van der Waals surface area contributed by atoms with Crippen molar-refractivity contribution in [3.05, 3.63) is 34.9 Å². The minimum Gasteiger partial charge on any atom is -0.217 e. The van der Waals surface area contributed by atoms with Crippen LogP contribution in [0, 0.1) is 0 Å². The summed E-state index contributed by atoms with van der Waals surface area (Å²) in [6.07, 6.45) is 2.36. The maximum absolute atomic E-state index is 6.20. The standard InChI is InChI=1S/C12H13ClN4S/c1-8(10-4-2-3-5-11(10)13)18-12-14-15-16-17(12)9-6-7-9/h2-5,8-9H,6-7H2,1H3/t8-/m0/s1. The molecule has 1 fully saturated rings. The van der Waals surface area contributed by atoms with E-state index in [1.165, 1.54) is 12.8 Å². The van der Waals surface area contributed by atoms with Crippen LogP contribution in [0.4, 0.5) is 0 Å². The maximum Gasteiger partial charge on any atom is 0.210 e. The van der Waals surface area contributed by atoms with E-state index in [-0.39, 0.29) is 5.25 Å². The van der Waals surface area contributed by atoms with Gasteiger partial charge >= 0.3 is 0 Å². The lowest BCUT2D eigenvalue weighted by Crippen LogP contribution is -2.00. The van der Waals surface area contributed by atoms with Crippen LogP contribution >= 0.6 is 23.4 Å². The molecule has 2 aromatic rings. The van der Waals surface area contributed by atoms with Gasteiger partial charge in [-0.1, -0.05) is 41.6 Å². The summed E-state index contributed by atoms with van der Waals surface area (Å²) in [6, 6.07) is 8.41. The van der Waals surface area contributed by atoms with Crippen LogP contribution in [-0.2, 0) is 0 Å². The molecule has 1 atom stereocenters. The van der Waals surface area contributed by atoms with Crippen LogP contribution in [0.2, 0.25) is 5.02 Å². The Morgan fingerprint density at radius 3 is 2.89 bits per heavy atom. The number of rotatable bonds is 4. The second kappa shape index (κ2) is 4.90. The van der Waals surface area contributed by atoms with E-state index in [9.17, 15) is 0 Å². The van der Waals surface area contributed by atoms with Gasteiger partial charge < -0.3 is 0 Å². The van der Waals surface area contributed by atoms with E-state index in [1.807, 2.05) is 28.9 Å². The van der Waals surface area contributed by atoms with Crippen molar-refractivity contribution in [3.8, 4) is 0 Å². The SMILES string of the molecule is C[C@H](Sc1nnnn1C1CC1)c1ccccc1Cl. The molecule has 1 aliphatic carbocycles. The first-order valence-corrected chi connectivity index (χ1v) is 7.20. The van der Waals surface area contributed by atoms with E-state index >= 15 is 0 Å². The predicted molar refractivity (Wildman–Crippen MR) is 71.8 cm³/mol. The van der Waals surface area contributed by atoms with Gasteiger partial charge in [0, 0.05) is 10.3 Å². The summed E-state index contributed by atoms with van der Waals surface area (Å²) >= 11 is 7.86. The summed E-state index contributed by atoms with van der Waals surface area (Å²) in [5.74, 6) is 0. The van der Waals surface area contributed by atoms with Gasteiger partial charge in [0.05, 0.1) is 6.04 Å². The molecule has 0 spiro atoms. The van der Waals surface area contributed by atoms with Gasteiger partial charge in [-0.15, -0.1) is 5.10 Å². The van der Waals surface area contributed by atoms with Crippen LogP contribution in [0.25, 0.3) is 0 Å². The number of hydrogen-bond donors (Lipinski definition) is 0. The average Bonchev–Trinajstić information content (AvgIpc) is 3.11. The molecule has 3 rings (SSSR count). The maximum atomic E-state index is 6.20. The third-order valence-electron chi connectivity index (χ3n) is 2.98. The minimum atomic E-state index is 0.238. The van der Waals surface area contributed by atoms with Gasteiger partial charge in [0.2, 0.25) is 5.16 Å². The van der Waals surface area contributed by atoms with Crippen molar-refractivity contribution < 1.29 is 0 Å². The summed E-state index contributed by atoms with van der Waals surface area (Å²) in [5, 5.41) is 13.8. The zero-order valence-electron chi connectivity index (χ0n) is 9.95.